The van der Waals surface area contributed by atoms with E-state index in [0.29, 0.717) is 10.6 Å². The van der Waals surface area contributed by atoms with Gasteiger partial charge in [-0.2, -0.15) is 0 Å². The Bertz CT molecular complexity index is 603. The average molecular weight is 265 g/mol. The number of aromatic carboxylic acids is 1. The summed E-state index contributed by atoms with van der Waals surface area (Å²) >= 11 is 5.93. The summed E-state index contributed by atoms with van der Waals surface area (Å²) in [6, 6.07) is 9.40. The smallest absolute Gasteiger partial charge is 0.338 e. The number of rotatable bonds is 2. The molecule has 0 aliphatic rings. The van der Waals surface area contributed by atoms with E-state index in [2.05, 4.69) is 0 Å². The first-order valence-electron chi connectivity index (χ1n) is 5.28. The fourth-order valence-corrected chi connectivity index (χ4v) is 2.06. The average Bonchev–Trinajstić information content (AvgIpc) is 2.26. The predicted molar refractivity (Wildman–Crippen MR) is 68.5 cm³/mol. The molecule has 92 valence electrons. The fourth-order valence-electron chi connectivity index (χ4n) is 1.77. The zero-order valence-electron chi connectivity index (χ0n) is 9.58. The van der Waals surface area contributed by atoms with Crippen molar-refractivity contribution < 1.29 is 14.3 Å². The van der Waals surface area contributed by atoms with Gasteiger partial charge in [0.2, 0.25) is 0 Å². The zero-order valence-corrected chi connectivity index (χ0v) is 10.3. The van der Waals surface area contributed by atoms with Crippen LogP contribution in [0.25, 0.3) is 11.1 Å². The van der Waals surface area contributed by atoms with E-state index in [-0.39, 0.29) is 5.56 Å². The van der Waals surface area contributed by atoms with E-state index in [4.69, 9.17) is 16.7 Å². The van der Waals surface area contributed by atoms with Crippen molar-refractivity contribution in [2.75, 3.05) is 0 Å². The molecular weight excluding hydrogens is 255 g/mol. The maximum Gasteiger partial charge on any atom is 0.338 e. The number of carboxylic acid groups (broad SMARTS) is 1. The molecule has 2 aromatic carbocycles. The molecule has 0 fully saturated rings. The monoisotopic (exact) mass is 264 g/mol. The van der Waals surface area contributed by atoms with Gasteiger partial charge in [0.05, 0.1) is 5.56 Å². The summed E-state index contributed by atoms with van der Waals surface area (Å²) in [5, 5.41) is 9.32. The summed E-state index contributed by atoms with van der Waals surface area (Å²) in [7, 11) is 0. The van der Waals surface area contributed by atoms with Crippen molar-refractivity contribution in [2.24, 2.45) is 0 Å². The summed E-state index contributed by atoms with van der Waals surface area (Å²) in [5.41, 5.74) is 1.98. The van der Waals surface area contributed by atoms with E-state index in [1.54, 1.807) is 18.2 Å². The highest BCUT2D eigenvalue weighted by Gasteiger charge is 2.11. The Morgan fingerprint density at radius 1 is 1.17 bits per heavy atom. The standard InChI is InChI=1S/C14H10ClFO2/c1-8-4-10(6-11(15)5-8)9-2-3-12(14(17)18)13(16)7-9/h2-7H,1H3,(H,17,18). The Morgan fingerprint density at radius 2 is 1.89 bits per heavy atom. The lowest BCUT2D eigenvalue weighted by molar-refractivity contribution is 0.0692. The maximum absolute atomic E-state index is 13.6. The second-order valence-corrected chi connectivity index (χ2v) is 4.45. The number of aryl methyl sites for hydroxylation is 1. The molecular formula is C14H10ClFO2. The summed E-state index contributed by atoms with van der Waals surface area (Å²) in [5.74, 6) is -2.03. The summed E-state index contributed by atoms with van der Waals surface area (Å²) in [6.45, 7) is 1.89. The van der Waals surface area contributed by atoms with Gasteiger partial charge in [0.25, 0.3) is 0 Å². The minimum absolute atomic E-state index is 0.336. The Labute approximate surface area is 109 Å². The van der Waals surface area contributed by atoms with Gasteiger partial charge < -0.3 is 5.11 Å². The van der Waals surface area contributed by atoms with Gasteiger partial charge in [0.1, 0.15) is 5.82 Å². The highest BCUT2D eigenvalue weighted by Crippen LogP contribution is 2.26. The van der Waals surface area contributed by atoms with Crippen LogP contribution in [0.2, 0.25) is 5.02 Å². The molecule has 0 spiro atoms. The Kier molecular flexibility index (Phi) is 3.34. The van der Waals surface area contributed by atoms with Gasteiger partial charge in [-0.3, -0.25) is 0 Å². The van der Waals surface area contributed by atoms with Crippen LogP contribution < -0.4 is 0 Å². The van der Waals surface area contributed by atoms with Gasteiger partial charge in [-0.05, 0) is 47.9 Å². The topological polar surface area (TPSA) is 37.3 Å². The van der Waals surface area contributed by atoms with E-state index in [9.17, 15) is 9.18 Å². The predicted octanol–water partition coefficient (Wildman–Crippen LogP) is 4.15. The number of benzene rings is 2. The fraction of sp³-hybridized carbons (Fsp3) is 0.0714. The largest absolute Gasteiger partial charge is 0.478 e. The van der Waals surface area contributed by atoms with Gasteiger partial charge in [0, 0.05) is 5.02 Å². The molecule has 0 amide bonds. The molecule has 4 heteroatoms. The highest BCUT2D eigenvalue weighted by molar-refractivity contribution is 6.30. The lowest BCUT2D eigenvalue weighted by Gasteiger charge is -2.06. The molecule has 0 aliphatic carbocycles. The van der Waals surface area contributed by atoms with Gasteiger partial charge in [0.15, 0.2) is 0 Å². The van der Waals surface area contributed by atoms with Crippen molar-refractivity contribution >= 4 is 17.6 Å². The first-order valence-corrected chi connectivity index (χ1v) is 5.65. The van der Waals surface area contributed by atoms with Crippen LogP contribution >= 0.6 is 11.6 Å². The minimum Gasteiger partial charge on any atom is -0.478 e. The van der Waals surface area contributed by atoms with Crippen LogP contribution in [-0.4, -0.2) is 11.1 Å². The normalized spacial score (nSPS) is 10.4. The van der Waals surface area contributed by atoms with E-state index in [0.717, 1.165) is 11.1 Å². The van der Waals surface area contributed by atoms with E-state index < -0.39 is 11.8 Å². The molecule has 0 saturated heterocycles. The first-order chi connectivity index (χ1) is 8.47. The molecule has 0 saturated carbocycles. The van der Waals surface area contributed by atoms with Gasteiger partial charge in [-0.15, -0.1) is 0 Å². The molecule has 1 N–H and O–H groups in total. The van der Waals surface area contributed by atoms with E-state index in [1.165, 1.54) is 12.1 Å². The van der Waals surface area contributed by atoms with Crippen LogP contribution in [0.3, 0.4) is 0 Å². The summed E-state index contributed by atoms with van der Waals surface area (Å²) in [4.78, 5) is 10.7. The Hall–Kier alpha value is -1.87. The van der Waals surface area contributed by atoms with Crippen molar-refractivity contribution in [2.45, 2.75) is 6.92 Å². The Balaban J connectivity index is 2.52. The van der Waals surface area contributed by atoms with Gasteiger partial charge in [-0.1, -0.05) is 23.7 Å². The lowest BCUT2D eigenvalue weighted by Crippen LogP contribution is -2.00. The maximum atomic E-state index is 13.6. The second kappa shape index (κ2) is 4.78. The van der Waals surface area contributed by atoms with Crippen molar-refractivity contribution in [1.82, 2.24) is 0 Å². The lowest BCUT2D eigenvalue weighted by atomic mass is 10.0. The molecule has 0 aromatic heterocycles. The quantitative estimate of drug-likeness (QED) is 0.885. The van der Waals surface area contributed by atoms with Crippen molar-refractivity contribution in [3.63, 3.8) is 0 Å². The van der Waals surface area contributed by atoms with Crippen LogP contribution in [0, 0.1) is 12.7 Å². The third-order valence-corrected chi connectivity index (χ3v) is 2.79. The van der Waals surface area contributed by atoms with E-state index in [1.807, 2.05) is 13.0 Å². The molecule has 0 bridgehead atoms. The second-order valence-electron chi connectivity index (χ2n) is 4.02. The molecule has 0 unspecified atom stereocenters. The van der Waals surface area contributed by atoms with Gasteiger partial charge in [-0.25, -0.2) is 9.18 Å². The third kappa shape index (κ3) is 2.51. The number of halogens is 2. The van der Waals surface area contributed by atoms with E-state index >= 15 is 0 Å². The van der Waals surface area contributed by atoms with Crippen molar-refractivity contribution in [3.05, 3.63) is 58.4 Å². The molecule has 2 aromatic rings. The molecule has 0 radical (unpaired) electrons. The molecule has 0 atom stereocenters. The number of carbonyl (C=O) groups is 1. The van der Waals surface area contributed by atoms with Gasteiger partial charge >= 0.3 is 5.97 Å². The first kappa shape index (κ1) is 12.6. The summed E-state index contributed by atoms with van der Waals surface area (Å²) in [6.07, 6.45) is 0. The number of hydrogen-bond donors (Lipinski definition) is 1. The number of hydrogen-bond acceptors (Lipinski definition) is 1. The van der Waals surface area contributed by atoms with Crippen LogP contribution in [0.15, 0.2) is 36.4 Å². The zero-order chi connectivity index (χ0) is 13.3. The third-order valence-electron chi connectivity index (χ3n) is 2.57. The molecule has 2 rings (SSSR count). The van der Waals surface area contributed by atoms with Crippen molar-refractivity contribution in [1.29, 1.82) is 0 Å². The SMILES string of the molecule is Cc1cc(Cl)cc(-c2ccc(C(=O)O)c(F)c2)c1. The Morgan fingerprint density at radius 3 is 2.44 bits per heavy atom. The molecule has 0 heterocycles. The number of carboxylic acids is 1. The van der Waals surface area contributed by atoms with Crippen LogP contribution in [0.1, 0.15) is 15.9 Å². The molecule has 18 heavy (non-hydrogen) atoms. The van der Waals surface area contributed by atoms with Crippen LogP contribution in [0.5, 0.6) is 0 Å². The minimum atomic E-state index is -1.28. The highest BCUT2D eigenvalue weighted by atomic mass is 35.5. The molecule has 2 nitrogen and oxygen atoms in total. The summed E-state index contributed by atoms with van der Waals surface area (Å²) < 4.78 is 13.6. The van der Waals surface area contributed by atoms with Crippen LogP contribution in [0.4, 0.5) is 4.39 Å². The van der Waals surface area contributed by atoms with Crippen molar-refractivity contribution in [3.8, 4) is 11.1 Å². The molecule has 0 aliphatic heterocycles. The van der Waals surface area contributed by atoms with Crippen LogP contribution in [-0.2, 0) is 0 Å².